The van der Waals surface area contributed by atoms with E-state index in [0.29, 0.717) is 17.2 Å². The number of thiocarbonyl (C=S) groups is 1. The fourth-order valence-corrected chi connectivity index (χ4v) is 1.88. The van der Waals surface area contributed by atoms with Crippen LogP contribution in [-0.4, -0.2) is 20.0 Å². The second kappa shape index (κ2) is 4.63. The van der Waals surface area contributed by atoms with Crippen LogP contribution in [0.3, 0.4) is 0 Å². The van der Waals surface area contributed by atoms with E-state index in [-0.39, 0.29) is 0 Å². The number of rotatable bonds is 3. The minimum absolute atomic E-state index is 0.290. The van der Waals surface area contributed by atoms with Gasteiger partial charge in [-0.05, 0) is 25.0 Å². The van der Waals surface area contributed by atoms with Crippen LogP contribution in [0.15, 0.2) is 24.3 Å². The fourth-order valence-electron chi connectivity index (χ4n) is 1.69. The molecule has 5 heteroatoms. The van der Waals surface area contributed by atoms with E-state index in [9.17, 15) is 0 Å². The normalized spacial score (nSPS) is 10.5. The van der Waals surface area contributed by atoms with E-state index >= 15 is 0 Å². The van der Waals surface area contributed by atoms with Gasteiger partial charge in [0, 0.05) is 0 Å². The highest BCUT2D eigenvalue weighted by molar-refractivity contribution is 7.80. The van der Waals surface area contributed by atoms with E-state index in [1.165, 1.54) is 11.1 Å². The van der Waals surface area contributed by atoms with Crippen LogP contribution in [0.25, 0.3) is 0 Å². The van der Waals surface area contributed by atoms with Gasteiger partial charge >= 0.3 is 0 Å². The molecule has 0 spiro atoms. The number of nitrogens with two attached hydrogens (primary N) is 1. The summed E-state index contributed by atoms with van der Waals surface area (Å²) in [6.07, 6.45) is 0. The lowest BCUT2D eigenvalue weighted by Crippen LogP contribution is -2.12. The van der Waals surface area contributed by atoms with Crippen molar-refractivity contribution in [1.82, 2.24) is 15.0 Å². The lowest BCUT2D eigenvalue weighted by atomic mass is 10.1. The van der Waals surface area contributed by atoms with Crippen LogP contribution in [0.1, 0.15) is 22.5 Å². The summed E-state index contributed by atoms with van der Waals surface area (Å²) in [6.45, 7) is 4.69. The van der Waals surface area contributed by atoms with Crippen LogP contribution in [0.2, 0.25) is 0 Å². The van der Waals surface area contributed by atoms with Crippen LogP contribution in [-0.2, 0) is 6.54 Å². The van der Waals surface area contributed by atoms with Crippen LogP contribution in [0.4, 0.5) is 0 Å². The van der Waals surface area contributed by atoms with Crippen molar-refractivity contribution in [3.05, 3.63) is 46.8 Å². The molecule has 0 fully saturated rings. The molecule has 4 nitrogen and oxygen atoms in total. The van der Waals surface area contributed by atoms with E-state index in [0.717, 1.165) is 5.69 Å². The minimum atomic E-state index is 0.290. The molecule has 1 aromatic heterocycles. The van der Waals surface area contributed by atoms with Gasteiger partial charge in [0.15, 0.2) is 0 Å². The molecule has 0 aliphatic carbocycles. The Labute approximate surface area is 105 Å². The predicted octanol–water partition coefficient (Wildman–Crippen LogP) is 1.58. The van der Waals surface area contributed by atoms with Crippen LogP contribution in [0.5, 0.6) is 0 Å². The maximum atomic E-state index is 5.57. The fraction of sp³-hybridized carbons (Fsp3) is 0.250. The molecule has 0 saturated heterocycles. The zero-order chi connectivity index (χ0) is 12.4. The number of aromatic nitrogens is 3. The Bertz CT molecular complexity index is 559. The monoisotopic (exact) mass is 246 g/mol. The molecule has 0 atom stereocenters. The summed E-state index contributed by atoms with van der Waals surface area (Å²) in [5.74, 6) is 0. The minimum Gasteiger partial charge on any atom is -0.388 e. The van der Waals surface area contributed by atoms with E-state index < -0.39 is 0 Å². The summed E-state index contributed by atoms with van der Waals surface area (Å²) in [5.41, 5.74) is 9.53. The Morgan fingerprint density at radius 1 is 1.35 bits per heavy atom. The van der Waals surface area contributed by atoms with Crippen molar-refractivity contribution >= 4 is 17.2 Å². The van der Waals surface area contributed by atoms with Gasteiger partial charge in [-0.25, -0.2) is 4.68 Å². The van der Waals surface area contributed by atoms with Crippen molar-refractivity contribution in [3.8, 4) is 0 Å². The van der Waals surface area contributed by atoms with Crippen LogP contribution < -0.4 is 5.73 Å². The summed E-state index contributed by atoms with van der Waals surface area (Å²) in [4.78, 5) is 0.290. The first kappa shape index (κ1) is 11.7. The van der Waals surface area contributed by atoms with Gasteiger partial charge in [0.05, 0.1) is 12.2 Å². The van der Waals surface area contributed by atoms with E-state index in [4.69, 9.17) is 18.0 Å². The van der Waals surface area contributed by atoms with Crippen LogP contribution in [0, 0.1) is 13.8 Å². The van der Waals surface area contributed by atoms with Gasteiger partial charge in [-0.2, -0.15) is 0 Å². The molecule has 2 N–H and O–H groups in total. The zero-order valence-corrected chi connectivity index (χ0v) is 10.7. The van der Waals surface area contributed by atoms with Gasteiger partial charge in [0.2, 0.25) is 0 Å². The zero-order valence-electron chi connectivity index (χ0n) is 9.84. The van der Waals surface area contributed by atoms with E-state index in [1.807, 2.05) is 23.7 Å². The second-order valence-electron chi connectivity index (χ2n) is 3.97. The van der Waals surface area contributed by atoms with Crippen molar-refractivity contribution in [1.29, 1.82) is 0 Å². The first-order valence-electron chi connectivity index (χ1n) is 5.34. The Morgan fingerprint density at radius 3 is 2.65 bits per heavy atom. The standard InChI is InChI=1S/C12H14N4S/c1-8-5-3-4-6-10(8)7-16-9(2)11(12(13)17)14-15-16/h3-6H,7H2,1-2H3,(H2,13,17). The molecule has 0 amide bonds. The topological polar surface area (TPSA) is 56.7 Å². The number of benzene rings is 1. The SMILES string of the molecule is Cc1ccccc1Cn1nnc(C(N)=S)c1C. The molecule has 1 aromatic carbocycles. The van der Waals surface area contributed by atoms with Gasteiger partial charge in [-0.3, -0.25) is 0 Å². The smallest absolute Gasteiger partial charge is 0.142 e. The van der Waals surface area contributed by atoms with Gasteiger partial charge in [-0.1, -0.05) is 41.7 Å². The molecule has 0 radical (unpaired) electrons. The molecule has 0 bridgehead atoms. The van der Waals surface area contributed by atoms with Gasteiger partial charge in [0.25, 0.3) is 0 Å². The number of hydrogen-bond acceptors (Lipinski definition) is 3. The molecule has 0 unspecified atom stereocenters. The third-order valence-electron chi connectivity index (χ3n) is 2.80. The molecule has 1 heterocycles. The van der Waals surface area contributed by atoms with E-state index in [1.54, 1.807) is 0 Å². The van der Waals surface area contributed by atoms with Crippen molar-refractivity contribution in [2.24, 2.45) is 5.73 Å². The number of aryl methyl sites for hydroxylation is 1. The summed E-state index contributed by atoms with van der Waals surface area (Å²) in [7, 11) is 0. The van der Waals surface area contributed by atoms with Crippen molar-refractivity contribution < 1.29 is 0 Å². The van der Waals surface area contributed by atoms with Crippen molar-refractivity contribution in [2.45, 2.75) is 20.4 Å². The molecular weight excluding hydrogens is 232 g/mol. The maximum Gasteiger partial charge on any atom is 0.142 e. The summed E-state index contributed by atoms with van der Waals surface area (Å²) >= 11 is 4.92. The summed E-state index contributed by atoms with van der Waals surface area (Å²) in [6, 6.07) is 8.20. The second-order valence-corrected chi connectivity index (χ2v) is 4.41. The largest absolute Gasteiger partial charge is 0.388 e. The molecule has 0 saturated carbocycles. The van der Waals surface area contributed by atoms with Gasteiger partial charge < -0.3 is 5.73 Å². The molecule has 2 aromatic rings. The first-order valence-corrected chi connectivity index (χ1v) is 5.75. The van der Waals surface area contributed by atoms with Crippen molar-refractivity contribution in [2.75, 3.05) is 0 Å². The highest BCUT2D eigenvalue weighted by Gasteiger charge is 2.11. The highest BCUT2D eigenvalue weighted by atomic mass is 32.1. The number of hydrogen-bond donors (Lipinski definition) is 1. The summed E-state index contributed by atoms with van der Waals surface area (Å²) < 4.78 is 1.82. The van der Waals surface area contributed by atoms with Crippen molar-refractivity contribution in [3.63, 3.8) is 0 Å². The molecule has 17 heavy (non-hydrogen) atoms. The lowest BCUT2D eigenvalue weighted by Gasteiger charge is -2.06. The Morgan fingerprint density at radius 2 is 2.06 bits per heavy atom. The van der Waals surface area contributed by atoms with Gasteiger partial charge in [-0.15, -0.1) is 5.10 Å². The third kappa shape index (κ3) is 2.34. The number of nitrogens with zero attached hydrogens (tertiary/aromatic N) is 3. The lowest BCUT2D eigenvalue weighted by molar-refractivity contribution is 0.631. The maximum absolute atomic E-state index is 5.57. The third-order valence-corrected chi connectivity index (χ3v) is 2.99. The Hall–Kier alpha value is -1.75. The highest BCUT2D eigenvalue weighted by Crippen LogP contribution is 2.11. The van der Waals surface area contributed by atoms with Crippen LogP contribution >= 0.6 is 12.2 Å². The molecule has 0 aliphatic rings. The quantitative estimate of drug-likeness (QED) is 0.835. The molecule has 0 aliphatic heterocycles. The molecule has 88 valence electrons. The summed E-state index contributed by atoms with van der Waals surface area (Å²) in [5, 5.41) is 8.06. The molecular formula is C12H14N4S. The Balaban J connectivity index is 2.31. The molecule has 2 rings (SSSR count). The van der Waals surface area contributed by atoms with E-state index in [2.05, 4.69) is 29.4 Å². The average molecular weight is 246 g/mol. The Kier molecular flexibility index (Phi) is 3.19. The predicted molar refractivity (Wildman–Crippen MR) is 70.9 cm³/mol. The average Bonchev–Trinajstić information content (AvgIpc) is 2.64. The first-order chi connectivity index (χ1) is 8.09. The van der Waals surface area contributed by atoms with Gasteiger partial charge in [0.1, 0.15) is 10.7 Å².